The summed E-state index contributed by atoms with van der Waals surface area (Å²) in [5.74, 6) is 0. The number of H-pyrrole nitrogens is 1. The second kappa shape index (κ2) is 5.51. The summed E-state index contributed by atoms with van der Waals surface area (Å²) in [6.45, 7) is 4.97. The Hall–Kier alpha value is -1.84. The van der Waals surface area contributed by atoms with Crippen LogP contribution in [0.25, 0.3) is 21.8 Å². The van der Waals surface area contributed by atoms with Crippen molar-refractivity contribution in [3.63, 3.8) is 0 Å². The van der Waals surface area contributed by atoms with Gasteiger partial charge in [-0.2, -0.15) is 0 Å². The Balaban J connectivity index is 1.65. The number of fused-ring (bicyclic) bond motifs is 3. The topological polar surface area (TPSA) is 28.3 Å². The Morgan fingerprint density at radius 1 is 0.952 bits per heavy atom. The number of nitrogens with zero attached hydrogens (tertiary/aromatic N) is 1. The Morgan fingerprint density at radius 3 is 2.67 bits per heavy atom. The summed E-state index contributed by atoms with van der Waals surface area (Å²) >= 11 is 0. The number of rotatable bonds is 3. The molecule has 2 heterocycles. The van der Waals surface area contributed by atoms with Gasteiger partial charge in [-0.3, -0.25) is 4.90 Å². The van der Waals surface area contributed by atoms with E-state index in [-0.39, 0.29) is 0 Å². The van der Waals surface area contributed by atoms with Gasteiger partial charge in [0, 0.05) is 41.4 Å². The fourth-order valence-corrected chi connectivity index (χ4v) is 3.25. The SMILES string of the molecule is c1ccc2c(c1)[nH]c1c(CCN3CCOCC3)cccc12. The maximum Gasteiger partial charge on any atom is 0.0594 e. The van der Waals surface area contributed by atoms with E-state index >= 15 is 0 Å². The molecule has 0 amide bonds. The van der Waals surface area contributed by atoms with Crippen LogP contribution < -0.4 is 0 Å². The number of benzene rings is 2. The van der Waals surface area contributed by atoms with Crippen molar-refractivity contribution in [1.29, 1.82) is 0 Å². The average molecular weight is 280 g/mol. The monoisotopic (exact) mass is 280 g/mol. The largest absolute Gasteiger partial charge is 0.379 e. The van der Waals surface area contributed by atoms with Crippen LogP contribution in [0.5, 0.6) is 0 Å². The van der Waals surface area contributed by atoms with E-state index in [0.717, 1.165) is 39.3 Å². The molecule has 1 aromatic heterocycles. The van der Waals surface area contributed by atoms with Crippen LogP contribution in [0, 0.1) is 0 Å². The van der Waals surface area contributed by atoms with E-state index in [2.05, 4.69) is 52.3 Å². The molecule has 1 N–H and O–H groups in total. The highest BCUT2D eigenvalue weighted by Crippen LogP contribution is 2.27. The van der Waals surface area contributed by atoms with Crippen molar-refractivity contribution in [3.8, 4) is 0 Å². The number of hydrogen-bond acceptors (Lipinski definition) is 2. The second-order valence-electron chi connectivity index (χ2n) is 5.71. The van der Waals surface area contributed by atoms with Gasteiger partial charge in [0.05, 0.1) is 13.2 Å². The summed E-state index contributed by atoms with van der Waals surface area (Å²) < 4.78 is 5.41. The average Bonchev–Trinajstić information content (AvgIpc) is 2.93. The van der Waals surface area contributed by atoms with Gasteiger partial charge in [0.1, 0.15) is 0 Å². The molecule has 1 aliphatic rings. The van der Waals surface area contributed by atoms with Crippen LogP contribution in [-0.2, 0) is 11.2 Å². The van der Waals surface area contributed by atoms with Gasteiger partial charge in [-0.1, -0.05) is 36.4 Å². The van der Waals surface area contributed by atoms with E-state index in [1.807, 2.05) is 0 Å². The summed E-state index contributed by atoms with van der Waals surface area (Å²) in [6, 6.07) is 15.2. The summed E-state index contributed by atoms with van der Waals surface area (Å²) in [5.41, 5.74) is 3.94. The molecule has 0 saturated carbocycles. The first kappa shape index (κ1) is 12.9. The van der Waals surface area contributed by atoms with E-state index in [1.165, 1.54) is 27.4 Å². The lowest BCUT2D eigenvalue weighted by Gasteiger charge is -2.26. The fourth-order valence-electron chi connectivity index (χ4n) is 3.25. The van der Waals surface area contributed by atoms with Gasteiger partial charge < -0.3 is 9.72 Å². The molecule has 1 fully saturated rings. The predicted molar refractivity (Wildman–Crippen MR) is 86.8 cm³/mol. The number of morpholine rings is 1. The maximum absolute atomic E-state index is 5.41. The Labute approximate surface area is 124 Å². The van der Waals surface area contributed by atoms with Gasteiger partial charge in [0.15, 0.2) is 0 Å². The maximum atomic E-state index is 5.41. The van der Waals surface area contributed by atoms with E-state index in [1.54, 1.807) is 0 Å². The van der Waals surface area contributed by atoms with E-state index in [9.17, 15) is 0 Å². The predicted octanol–water partition coefficient (Wildman–Crippen LogP) is 3.20. The number of para-hydroxylation sites is 2. The van der Waals surface area contributed by atoms with Crippen molar-refractivity contribution in [2.75, 3.05) is 32.8 Å². The normalized spacial score (nSPS) is 16.8. The zero-order valence-corrected chi connectivity index (χ0v) is 12.1. The van der Waals surface area contributed by atoms with Crippen LogP contribution in [0.4, 0.5) is 0 Å². The van der Waals surface area contributed by atoms with E-state index in [4.69, 9.17) is 4.74 Å². The molecule has 108 valence electrons. The number of hydrogen-bond donors (Lipinski definition) is 1. The third-order valence-corrected chi connectivity index (χ3v) is 4.43. The summed E-state index contributed by atoms with van der Waals surface area (Å²) in [7, 11) is 0. The zero-order valence-electron chi connectivity index (χ0n) is 12.1. The Kier molecular flexibility index (Phi) is 3.37. The van der Waals surface area contributed by atoms with Gasteiger partial charge in [-0.05, 0) is 18.1 Å². The molecular formula is C18H20N2O. The van der Waals surface area contributed by atoms with Gasteiger partial charge >= 0.3 is 0 Å². The molecule has 0 bridgehead atoms. The van der Waals surface area contributed by atoms with Crippen LogP contribution in [0.3, 0.4) is 0 Å². The highest BCUT2D eigenvalue weighted by atomic mass is 16.5. The zero-order chi connectivity index (χ0) is 14.1. The molecule has 2 aromatic carbocycles. The fraction of sp³-hybridized carbons (Fsp3) is 0.333. The number of nitrogens with one attached hydrogen (secondary N) is 1. The molecule has 0 aliphatic carbocycles. The third kappa shape index (κ3) is 2.43. The second-order valence-corrected chi connectivity index (χ2v) is 5.71. The van der Waals surface area contributed by atoms with Crippen LogP contribution in [0.15, 0.2) is 42.5 Å². The highest BCUT2D eigenvalue weighted by Gasteiger charge is 2.12. The summed E-state index contributed by atoms with van der Waals surface area (Å²) in [5, 5.41) is 2.66. The molecule has 21 heavy (non-hydrogen) atoms. The molecule has 0 radical (unpaired) electrons. The first-order valence-electron chi connectivity index (χ1n) is 7.70. The highest BCUT2D eigenvalue weighted by molar-refractivity contribution is 6.08. The van der Waals surface area contributed by atoms with Crippen molar-refractivity contribution in [2.24, 2.45) is 0 Å². The number of aromatic nitrogens is 1. The van der Waals surface area contributed by atoms with Crippen LogP contribution in [0.2, 0.25) is 0 Å². The first-order chi connectivity index (χ1) is 10.4. The molecule has 3 nitrogen and oxygen atoms in total. The Morgan fingerprint density at radius 2 is 1.76 bits per heavy atom. The molecule has 3 aromatic rings. The lowest BCUT2D eigenvalue weighted by atomic mass is 10.1. The van der Waals surface area contributed by atoms with Crippen molar-refractivity contribution >= 4 is 21.8 Å². The van der Waals surface area contributed by atoms with Crippen LogP contribution in [-0.4, -0.2) is 42.7 Å². The molecule has 1 saturated heterocycles. The van der Waals surface area contributed by atoms with Gasteiger partial charge in [-0.25, -0.2) is 0 Å². The van der Waals surface area contributed by atoms with Crippen molar-refractivity contribution < 1.29 is 4.74 Å². The molecule has 0 atom stereocenters. The summed E-state index contributed by atoms with van der Waals surface area (Å²) in [4.78, 5) is 6.08. The first-order valence-corrected chi connectivity index (χ1v) is 7.70. The Bertz CT molecular complexity index is 756. The minimum Gasteiger partial charge on any atom is -0.379 e. The number of ether oxygens (including phenoxy) is 1. The lowest BCUT2D eigenvalue weighted by molar-refractivity contribution is 0.0385. The molecule has 1 aliphatic heterocycles. The van der Waals surface area contributed by atoms with Gasteiger partial charge in [0.25, 0.3) is 0 Å². The van der Waals surface area contributed by atoms with Crippen molar-refractivity contribution in [1.82, 2.24) is 9.88 Å². The van der Waals surface area contributed by atoms with Crippen LogP contribution >= 0.6 is 0 Å². The molecular weight excluding hydrogens is 260 g/mol. The minimum atomic E-state index is 0.872. The molecule has 0 unspecified atom stereocenters. The quantitative estimate of drug-likeness (QED) is 0.798. The number of aromatic amines is 1. The minimum absolute atomic E-state index is 0.872. The summed E-state index contributed by atoms with van der Waals surface area (Å²) in [6.07, 6.45) is 1.09. The molecule has 3 heteroatoms. The van der Waals surface area contributed by atoms with Gasteiger partial charge in [0.2, 0.25) is 0 Å². The van der Waals surface area contributed by atoms with Crippen molar-refractivity contribution in [2.45, 2.75) is 6.42 Å². The van der Waals surface area contributed by atoms with E-state index < -0.39 is 0 Å². The standard InChI is InChI=1S/C18H20N2O/c1-2-7-17-15(5-1)16-6-3-4-14(18(16)19-17)8-9-20-10-12-21-13-11-20/h1-7,19H,8-13H2. The molecule has 4 rings (SSSR count). The molecule has 0 spiro atoms. The van der Waals surface area contributed by atoms with Gasteiger partial charge in [-0.15, -0.1) is 0 Å². The van der Waals surface area contributed by atoms with Crippen molar-refractivity contribution in [3.05, 3.63) is 48.0 Å². The van der Waals surface area contributed by atoms with E-state index in [0.29, 0.717) is 0 Å². The van der Waals surface area contributed by atoms with Crippen LogP contribution in [0.1, 0.15) is 5.56 Å². The smallest absolute Gasteiger partial charge is 0.0594 e. The lowest BCUT2D eigenvalue weighted by Crippen LogP contribution is -2.37. The third-order valence-electron chi connectivity index (χ3n) is 4.43.